The van der Waals surface area contributed by atoms with Crippen molar-refractivity contribution >= 4 is 17.8 Å². The molecule has 0 aromatic heterocycles. The average Bonchev–Trinajstić information content (AvgIpc) is 2.65. The number of phenolic OH excluding ortho intramolecular Hbond substituents is 1. The highest BCUT2D eigenvalue weighted by Crippen LogP contribution is 2.33. The number of hydrazone groups is 1. The smallest absolute Gasteiger partial charge is 0.277 e. The Kier molecular flexibility index (Phi) is 6.91. The Balaban J connectivity index is 2.04. The van der Waals surface area contributed by atoms with Crippen LogP contribution in [0.3, 0.4) is 0 Å². The van der Waals surface area contributed by atoms with E-state index in [0.29, 0.717) is 5.75 Å². The zero-order chi connectivity index (χ0) is 20.7. The van der Waals surface area contributed by atoms with Crippen LogP contribution in [0.25, 0.3) is 0 Å². The molecule has 0 atom stereocenters. The lowest BCUT2D eigenvalue weighted by molar-refractivity contribution is -0.385. The number of ether oxygens (including phenoxy) is 2. The van der Waals surface area contributed by atoms with E-state index in [9.17, 15) is 20.0 Å². The number of nitro benzene ring substituents is 1. The number of benzene rings is 2. The molecule has 0 aliphatic heterocycles. The molecular weight excluding hydrogens is 366 g/mol. The predicted octanol–water partition coefficient (Wildman–Crippen LogP) is 2.85. The van der Waals surface area contributed by atoms with Crippen LogP contribution < -0.4 is 14.9 Å². The molecule has 0 saturated heterocycles. The topological polar surface area (TPSA) is 123 Å². The van der Waals surface area contributed by atoms with Crippen molar-refractivity contribution in [3.05, 3.63) is 57.1 Å². The number of nitrogens with zero attached hydrogens (tertiary/aromatic N) is 2. The van der Waals surface area contributed by atoms with Crippen LogP contribution in [-0.2, 0) is 4.79 Å². The lowest BCUT2D eigenvalue weighted by atomic mass is 10.1. The molecule has 1 amide bonds. The fourth-order valence-corrected chi connectivity index (χ4v) is 2.31. The number of nitrogens with one attached hydrogen (secondary N) is 1. The van der Waals surface area contributed by atoms with E-state index in [4.69, 9.17) is 9.47 Å². The number of hydrogen-bond donors (Lipinski definition) is 2. The number of non-ortho nitro benzene ring substituents is 1. The number of aromatic hydroxyl groups is 1. The third kappa shape index (κ3) is 5.19. The minimum absolute atomic E-state index is 0.0356. The van der Waals surface area contributed by atoms with E-state index in [1.54, 1.807) is 13.0 Å². The molecule has 0 heterocycles. The van der Waals surface area contributed by atoms with Gasteiger partial charge in [-0.05, 0) is 38.0 Å². The van der Waals surface area contributed by atoms with E-state index in [-0.39, 0.29) is 36.0 Å². The first kappa shape index (κ1) is 20.7. The third-order valence-electron chi connectivity index (χ3n) is 3.91. The Morgan fingerprint density at radius 1 is 1.29 bits per heavy atom. The van der Waals surface area contributed by atoms with Gasteiger partial charge in [0, 0.05) is 11.6 Å². The summed E-state index contributed by atoms with van der Waals surface area (Å²) >= 11 is 0. The molecule has 9 heteroatoms. The summed E-state index contributed by atoms with van der Waals surface area (Å²) in [6.45, 7) is 5.48. The summed E-state index contributed by atoms with van der Waals surface area (Å²) in [4.78, 5) is 22.3. The normalized spacial score (nSPS) is 10.7. The summed E-state index contributed by atoms with van der Waals surface area (Å²) in [5.74, 6) is -0.274. The Hall–Kier alpha value is -3.62. The van der Waals surface area contributed by atoms with Crippen LogP contribution in [0.5, 0.6) is 17.2 Å². The fraction of sp³-hybridized carbons (Fsp3) is 0.263. The summed E-state index contributed by atoms with van der Waals surface area (Å²) in [7, 11) is 0. The standard InChI is InChI=1S/C19H21N3O6/c1-4-27-17-9-15(22(25)26)8-14(19(17)24)10-20-21-18(23)11-28-16-7-5-6-12(2)13(16)3/h5-10,24H,4,11H2,1-3H3,(H,21,23)/b20-10-. The van der Waals surface area contributed by atoms with Crippen LogP contribution in [0, 0.1) is 24.0 Å². The molecule has 0 saturated carbocycles. The van der Waals surface area contributed by atoms with Gasteiger partial charge in [-0.15, -0.1) is 0 Å². The van der Waals surface area contributed by atoms with Crippen molar-refractivity contribution in [2.45, 2.75) is 20.8 Å². The highest BCUT2D eigenvalue weighted by atomic mass is 16.6. The van der Waals surface area contributed by atoms with Crippen LogP contribution in [0.2, 0.25) is 0 Å². The quantitative estimate of drug-likeness (QED) is 0.408. The van der Waals surface area contributed by atoms with Gasteiger partial charge in [-0.3, -0.25) is 14.9 Å². The van der Waals surface area contributed by atoms with Gasteiger partial charge >= 0.3 is 0 Å². The molecule has 0 radical (unpaired) electrons. The molecule has 2 aromatic carbocycles. The lowest BCUT2D eigenvalue weighted by Gasteiger charge is -2.10. The number of carbonyl (C=O) groups excluding carboxylic acids is 1. The summed E-state index contributed by atoms with van der Waals surface area (Å²) in [5, 5.41) is 24.8. The van der Waals surface area contributed by atoms with E-state index in [2.05, 4.69) is 10.5 Å². The Labute approximate surface area is 161 Å². The average molecular weight is 387 g/mol. The largest absolute Gasteiger partial charge is 0.504 e. The number of amides is 1. The minimum Gasteiger partial charge on any atom is -0.504 e. The molecule has 0 bridgehead atoms. The van der Waals surface area contributed by atoms with Crippen LogP contribution >= 0.6 is 0 Å². The highest BCUT2D eigenvalue weighted by molar-refractivity contribution is 5.87. The number of rotatable bonds is 8. The van der Waals surface area contributed by atoms with Crippen molar-refractivity contribution in [3.8, 4) is 17.2 Å². The zero-order valence-corrected chi connectivity index (χ0v) is 15.8. The number of phenols is 1. The van der Waals surface area contributed by atoms with Gasteiger partial charge < -0.3 is 14.6 Å². The van der Waals surface area contributed by atoms with E-state index in [1.807, 2.05) is 26.0 Å². The van der Waals surface area contributed by atoms with Crippen LogP contribution in [0.1, 0.15) is 23.6 Å². The zero-order valence-electron chi connectivity index (χ0n) is 15.8. The van der Waals surface area contributed by atoms with Gasteiger partial charge in [0.15, 0.2) is 18.1 Å². The Morgan fingerprint density at radius 3 is 2.71 bits per heavy atom. The Morgan fingerprint density at radius 2 is 2.04 bits per heavy atom. The van der Waals surface area contributed by atoms with Gasteiger partial charge in [0.1, 0.15) is 5.75 Å². The van der Waals surface area contributed by atoms with Crippen molar-refractivity contribution in [2.24, 2.45) is 5.10 Å². The molecule has 0 unspecified atom stereocenters. The molecule has 0 fully saturated rings. The third-order valence-corrected chi connectivity index (χ3v) is 3.91. The number of nitro groups is 1. The van der Waals surface area contributed by atoms with Gasteiger partial charge in [0.05, 0.1) is 23.8 Å². The SMILES string of the molecule is CCOc1cc([N+](=O)[O-])cc(/C=N\NC(=O)COc2cccc(C)c2C)c1O. The van der Waals surface area contributed by atoms with Gasteiger partial charge in [-0.25, -0.2) is 5.43 Å². The minimum atomic E-state index is -0.615. The molecule has 9 nitrogen and oxygen atoms in total. The first-order valence-corrected chi connectivity index (χ1v) is 8.48. The van der Waals surface area contributed by atoms with Crippen molar-refractivity contribution in [1.29, 1.82) is 0 Å². The summed E-state index contributed by atoms with van der Waals surface area (Å²) in [6, 6.07) is 7.77. The summed E-state index contributed by atoms with van der Waals surface area (Å²) in [6.07, 6.45) is 1.10. The van der Waals surface area contributed by atoms with E-state index in [1.165, 1.54) is 0 Å². The van der Waals surface area contributed by atoms with Crippen LogP contribution in [0.4, 0.5) is 5.69 Å². The first-order valence-electron chi connectivity index (χ1n) is 8.48. The van der Waals surface area contributed by atoms with Gasteiger partial charge in [0.25, 0.3) is 11.6 Å². The van der Waals surface area contributed by atoms with Crippen LogP contribution in [-0.4, -0.2) is 35.4 Å². The van der Waals surface area contributed by atoms with E-state index < -0.39 is 10.8 Å². The number of carbonyl (C=O) groups is 1. The second-order valence-electron chi connectivity index (χ2n) is 5.85. The molecule has 2 rings (SSSR count). The monoisotopic (exact) mass is 387 g/mol. The molecular formula is C19H21N3O6. The Bertz CT molecular complexity index is 911. The molecule has 0 aliphatic rings. The van der Waals surface area contributed by atoms with Gasteiger partial charge in [-0.2, -0.15) is 5.10 Å². The second kappa shape index (κ2) is 9.36. The van der Waals surface area contributed by atoms with Crippen molar-refractivity contribution in [2.75, 3.05) is 13.2 Å². The maximum absolute atomic E-state index is 11.9. The predicted molar refractivity (Wildman–Crippen MR) is 103 cm³/mol. The van der Waals surface area contributed by atoms with Crippen molar-refractivity contribution < 1.29 is 24.3 Å². The van der Waals surface area contributed by atoms with Gasteiger partial charge in [-0.1, -0.05) is 12.1 Å². The molecule has 28 heavy (non-hydrogen) atoms. The molecule has 2 aromatic rings. The molecule has 0 spiro atoms. The van der Waals surface area contributed by atoms with Crippen LogP contribution in [0.15, 0.2) is 35.4 Å². The lowest BCUT2D eigenvalue weighted by Crippen LogP contribution is -2.24. The molecule has 2 N–H and O–H groups in total. The summed E-state index contributed by atoms with van der Waals surface area (Å²) in [5.41, 5.74) is 3.99. The second-order valence-corrected chi connectivity index (χ2v) is 5.85. The maximum atomic E-state index is 11.9. The maximum Gasteiger partial charge on any atom is 0.277 e. The van der Waals surface area contributed by atoms with E-state index in [0.717, 1.165) is 29.5 Å². The highest BCUT2D eigenvalue weighted by Gasteiger charge is 2.16. The number of aryl methyl sites for hydroxylation is 1. The molecule has 148 valence electrons. The molecule has 0 aliphatic carbocycles. The van der Waals surface area contributed by atoms with Crippen molar-refractivity contribution in [3.63, 3.8) is 0 Å². The summed E-state index contributed by atoms with van der Waals surface area (Å²) < 4.78 is 10.6. The van der Waals surface area contributed by atoms with Crippen molar-refractivity contribution in [1.82, 2.24) is 5.43 Å². The number of hydrogen-bond acceptors (Lipinski definition) is 7. The fourth-order valence-electron chi connectivity index (χ4n) is 2.31. The van der Waals surface area contributed by atoms with Gasteiger partial charge in [0.2, 0.25) is 0 Å². The van der Waals surface area contributed by atoms with E-state index >= 15 is 0 Å². The first-order chi connectivity index (χ1) is 13.3.